The maximum Gasteiger partial charge on any atom is 0.158 e. The van der Waals surface area contributed by atoms with Gasteiger partial charge in [0.2, 0.25) is 0 Å². The molecule has 21 heavy (non-hydrogen) atoms. The fourth-order valence-electron chi connectivity index (χ4n) is 3.66. The van der Waals surface area contributed by atoms with Gasteiger partial charge in [0.15, 0.2) is 5.52 Å². The predicted octanol–water partition coefficient (Wildman–Crippen LogP) is 3.05. The quantitative estimate of drug-likeness (QED) is 0.832. The SMILES string of the molecule is Brc1cc(N2CCC(N3CCCC3)CC2)c2nonc2c1. The van der Waals surface area contributed by atoms with E-state index in [1.165, 1.54) is 38.8 Å². The number of anilines is 1. The van der Waals surface area contributed by atoms with Crippen molar-refractivity contribution in [2.75, 3.05) is 31.1 Å². The summed E-state index contributed by atoms with van der Waals surface area (Å²) in [6.45, 7) is 4.75. The first-order valence-electron chi connectivity index (χ1n) is 7.72. The van der Waals surface area contributed by atoms with Gasteiger partial charge < -0.3 is 9.80 Å². The van der Waals surface area contributed by atoms with E-state index in [2.05, 4.69) is 42.1 Å². The zero-order valence-electron chi connectivity index (χ0n) is 12.0. The van der Waals surface area contributed by atoms with Crippen molar-refractivity contribution >= 4 is 32.7 Å². The van der Waals surface area contributed by atoms with Gasteiger partial charge in [0.25, 0.3) is 0 Å². The number of likely N-dealkylation sites (tertiary alicyclic amines) is 1. The van der Waals surface area contributed by atoms with Gasteiger partial charge in [-0.2, -0.15) is 0 Å². The maximum absolute atomic E-state index is 4.90. The minimum atomic E-state index is 0.766. The van der Waals surface area contributed by atoms with Crippen LogP contribution in [0.5, 0.6) is 0 Å². The Kier molecular flexibility index (Phi) is 3.59. The third-order valence-corrected chi connectivity index (χ3v) is 5.23. The van der Waals surface area contributed by atoms with E-state index in [1.807, 2.05) is 6.07 Å². The first-order chi connectivity index (χ1) is 10.3. The summed E-state index contributed by atoms with van der Waals surface area (Å²) in [5, 5.41) is 8.03. The van der Waals surface area contributed by atoms with Crippen LogP contribution in [-0.4, -0.2) is 47.4 Å². The lowest BCUT2D eigenvalue weighted by atomic mass is 10.0. The number of rotatable bonds is 2. The van der Waals surface area contributed by atoms with Crippen molar-refractivity contribution in [3.05, 3.63) is 16.6 Å². The van der Waals surface area contributed by atoms with E-state index in [0.717, 1.165) is 40.3 Å². The molecule has 0 bridgehead atoms. The number of hydrogen-bond donors (Lipinski definition) is 0. The number of aromatic nitrogens is 2. The molecular weight excluding hydrogens is 332 g/mol. The topological polar surface area (TPSA) is 45.4 Å². The lowest BCUT2D eigenvalue weighted by Crippen LogP contribution is -2.43. The summed E-state index contributed by atoms with van der Waals surface area (Å²) in [6.07, 6.45) is 5.22. The van der Waals surface area contributed by atoms with Crippen molar-refractivity contribution in [2.45, 2.75) is 31.7 Å². The molecule has 2 aliphatic heterocycles. The van der Waals surface area contributed by atoms with E-state index < -0.39 is 0 Å². The summed E-state index contributed by atoms with van der Waals surface area (Å²) in [6, 6.07) is 4.84. The second-order valence-electron chi connectivity index (χ2n) is 6.02. The summed E-state index contributed by atoms with van der Waals surface area (Å²) in [4.78, 5) is 5.09. The highest BCUT2D eigenvalue weighted by atomic mass is 79.9. The molecule has 1 aromatic carbocycles. The normalized spacial score (nSPS) is 21.5. The Morgan fingerprint density at radius 1 is 1.05 bits per heavy atom. The molecule has 0 radical (unpaired) electrons. The summed E-state index contributed by atoms with van der Waals surface area (Å²) >= 11 is 3.56. The Labute approximate surface area is 132 Å². The van der Waals surface area contributed by atoms with Gasteiger partial charge in [-0.3, -0.25) is 0 Å². The van der Waals surface area contributed by atoms with Crippen molar-refractivity contribution in [3.63, 3.8) is 0 Å². The summed E-state index contributed by atoms with van der Waals surface area (Å²) in [5.41, 5.74) is 2.83. The van der Waals surface area contributed by atoms with Crippen LogP contribution in [0.4, 0.5) is 5.69 Å². The van der Waals surface area contributed by atoms with Gasteiger partial charge in [-0.05, 0) is 61.2 Å². The molecule has 2 fully saturated rings. The maximum atomic E-state index is 4.90. The average molecular weight is 351 g/mol. The monoisotopic (exact) mass is 350 g/mol. The van der Waals surface area contributed by atoms with E-state index in [-0.39, 0.29) is 0 Å². The number of benzene rings is 1. The van der Waals surface area contributed by atoms with E-state index in [4.69, 9.17) is 4.63 Å². The third kappa shape index (κ3) is 2.55. The standard InChI is InChI=1S/C15H19BrN4O/c16-11-9-13-15(18-21-17-13)14(10-11)20-7-3-12(4-8-20)19-5-1-2-6-19/h9-10,12H,1-8H2. The van der Waals surface area contributed by atoms with E-state index in [1.54, 1.807) is 0 Å². The Hall–Kier alpha value is -1.14. The first-order valence-corrected chi connectivity index (χ1v) is 8.51. The van der Waals surface area contributed by atoms with Crippen LogP contribution in [0.25, 0.3) is 11.0 Å². The van der Waals surface area contributed by atoms with Crippen molar-refractivity contribution in [2.24, 2.45) is 0 Å². The predicted molar refractivity (Wildman–Crippen MR) is 85.5 cm³/mol. The van der Waals surface area contributed by atoms with E-state index in [0.29, 0.717) is 0 Å². The molecule has 2 aromatic rings. The van der Waals surface area contributed by atoms with E-state index in [9.17, 15) is 0 Å². The Bertz CT molecular complexity index is 630. The van der Waals surface area contributed by atoms with Gasteiger partial charge in [0.1, 0.15) is 5.52 Å². The molecule has 0 amide bonds. The fourth-order valence-corrected chi connectivity index (χ4v) is 4.09. The second kappa shape index (κ2) is 5.57. The molecule has 0 spiro atoms. The summed E-state index contributed by atoms with van der Waals surface area (Å²) in [5.74, 6) is 0. The Morgan fingerprint density at radius 2 is 1.81 bits per heavy atom. The fraction of sp³-hybridized carbons (Fsp3) is 0.600. The molecule has 0 unspecified atom stereocenters. The smallest absolute Gasteiger partial charge is 0.158 e. The zero-order chi connectivity index (χ0) is 14.2. The molecule has 0 N–H and O–H groups in total. The van der Waals surface area contributed by atoms with Crippen LogP contribution in [0, 0.1) is 0 Å². The van der Waals surface area contributed by atoms with Gasteiger partial charge in [0, 0.05) is 23.6 Å². The molecule has 3 heterocycles. The van der Waals surface area contributed by atoms with Crippen LogP contribution in [0.3, 0.4) is 0 Å². The summed E-state index contributed by atoms with van der Waals surface area (Å²) in [7, 11) is 0. The minimum absolute atomic E-state index is 0.766. The van der Waals surface area contributed by atoms with Crippen LogP contribution < -0.4 is 4.90 Å². The lowest BCUT2D eigenvalue weighted by molar-refractivity contribution is 0.208. The van der Waals surface area contributed by atoms with Crippen LogP contribution in [-0.2, 0) is 0 Å². The molecule has 2 saturated heterocycles. The number of hydrogen-bond acceptors (Lipinski definition) is 5. The van der Waals surface area contributed by atoms with Crippen LogP contribution in [0.15, 0.2) is 21.2 Å². The molecule has 4 rings (SSSR count). The number of nitrogens with zero attached hydrogens (tertiary/aromatic N) is 4. The third-order valence-electron chi connectivity index (χ3n) is 4.77. The van der Waals surface area contributed by atoms with Gasteiger partial charge in [-0.1, -0.05) is 15.9 Å². The van der Waals surface area contributed by atoms with Gasteiger partial charge >= 0.3 is 0 Å². The number of halogens is 1. The van der Waals surface area contributed by atoms with Gasteiger partial charge in [-0.15, -0.1) is 0 Å². The average Bonchev–Trinajstić information content (AvgIpc) is 3.17. The highest BCUT2D eigenvalue weighted by Crippen LogP contribution is 2.32. The molecule has 0 aliphatic carbocycles. The van der Waals surface area contributed by atoms with Crippen LogP contribution in [0.2, 0.25) is 0 Å². The number of fused-ring (bicyclic) bond motifs is 1. The second-order valence-corrected chi connectivity index (χ2v) is 6.93. The summed E-state index contributed by atoms with van der Waals surface area (Å²) < 4.78 is 5.93. The van der Waals surface area contributed by atoms with Gasteiger partial charge in [0.05, 0.1) is 5.69 Å². The molecule has 1 aromatic heterocycles. The number of piperidine rings is 1. The highest BCUT2D eigenvalue weighted by Gasteiger charge is 2.27. The first kappa shape index (κ1) is 13.5. The molecule has 112 valence electrons. The van der Waals surface area contributed by atoms with Crippen molar-refractivity contribution in [3.8, 4) is 0 Å². The molecule has 6 heteroatoms. The molecule has 0 atom stereocenters. The van der Waals surface area contributed by atoms with E-state index >= 15 is 0 Å². The molecule has 0 saturated carbocycles. The highest BCUT2D eigenvalue weighted by molar-refractivity contribution is 9.10. The lowest BCUT2D eigenvalue weighted by Gasteiger charge is -2.37. The van der Waals surface area contributed by atoms with Crippen LogP contribution in [0.1, 0.15) is 25.7 Å². The largest absolute Gasteiger partial charge is 0.369 e. The minimum Gasteiger partial charge on any atom is -0.369 e. The van der Waals surface area contributed by atoms with Crippen molar-refractivity contribution in [1.82, 2.24) is 15.2 Å². The van der Waals surface area contributed by atoms with Gasteiger partial charge in [-0.25, -0.2) is 4.63 Å². The van der Waals surface area contributed by atoms with Crippen LogP contribution >= 0.6 is 15.9 Å². The molecular formula is C15H19BrN4O. The Morgan fingerprint density at radius 3 is 2.57 bits per heavy atom. The molecule has 5 nitrogen and oxygen atoms in total. The Balaban J connectivity index is 1.53. The zero-order valence-corrected chi connectivity index (χ0v) is 13.5. The van der Waals surface area contributed by atoms with Crippen molar-refractivity contribution in [1.29, 1.82) is 0 Å². The molecule has 2 aliphatic rings. The van der Waals surface area contributed by atoms with Crippen molar-refractivity contribution < 1.29 is 4.63 Å².